The van der Waals surface area contributed by atoms with Crippen LogP contribution in [0.25, 0.3) is 0 Å². The van der Waals surface area contributed by atoms with E-state index in [1.165, 1.54) is 17.0 Å². The van der Waals surface area contributed by atoms with Crippen LogP contribution >= 0.6 is 0 Å². The highest BCUT2D eigenvalue weighted by Crippen LogP contribution is 2.15. The molecular weight excluding hydrogens is 269 g/mol. The molecule has 2 N–H and O–H groups in total. The molecule has 0 aliphatic carbocycles. The Bertz CT molecular complexity index is 680. The summed E-state index contributed by atoms with van der Waals surface area (Å²) < 4.78 is 13.8. The molecule has 0 aliphatic heterocycles. The van der Waals surface area contributed by atoms with E-state index in [1.54, 1.807) is 0 Å². The first-order chi connectivity index (χ1) is 10.1. The molecule has 0 unspecified atom stereocenters. The number of nitrogens with two attached hydrogens (primary N) is 1. The molecule has 5 heteroatoms. The third-order valence-corrected chi connectivity index (χ3v) is 2.99. The Balaban J connectivity index is 2.25. The number of nitrogens with zero attached hydrogens (tertiary/aromatic N) is 2. The molecule has 0 saturated heterocycles. The van der Waals surface area contributed by atoms with Crippen molar-refractivity contribution < 1.29 is 9.18 Å². The highest BCUT2D eigenvalue weighted by molar-refractivity contribution is 5.95. The van der Waals surface area contributed by atoms with E-state index in [-0.39, 0.29) is 24.3 Å². The van der Waals surface area contributed by atoms with E-state index in [1.807, 2.05) is 36.4 Å². The molecule has 0 heterocycles. The van der Waals surface area contributed by atoms with Crippen LogP contribution in [0.5, 0.6) is 0 Å². The topological polar surface area (TPSA) is 70.1 Å². The SMILES string of the molecule is N#CCN(Cc1ccccc1)C(=O)c1ccc(N)cc1F. The summed E-state index contributed by atoms with van der Waals surface area (Å²) in [5.41, 5.74) is 6.50. The van der Waals surface area contributed by atoms with Gasteiger partial charge in [-0.3, -0.25) is 4.79 Å². The summed E-state index contributed by atoms with van der Waals surface area (Å²) in [6.45, 7) is 0.134. The third-order valence-electron chi connectivity index (χ3n) is 2.99. The van der Waals surface area contributed by atoms with Crippen LogP contribution in [0.4, 0.5) is 10.1 Å². The first-order valence-corrected chi connectivity index (χ1v) is 6.37. The molecule has 0 saturated carbocycles. The number of nitrogen functional groups attached to an aromatic ring is 1. The maximum atomic E-state index is 13.8. The third kappa shape index (κ3) is 3.57. The summed E-state index contributed by atoms with van der Waals surface area (Å²) in [5, 5.41) is 8.87. The van der Waals surface area contributed by atoms with E-state index in [4.69, 9.17) is 11.0 Å². The van der Waals surface area contributed by atoms with Crippen LogP contribution in [-0.2, 0) is 6.54 Å². The summed E-state index contributed by atoms with van der Waals surface area (Å²) >= 11 is 0. The first kappa shape index (κ1) is 14.5. The normalized spacial score (nSPS) is 9.90. The van der Waals surface area contributed by atoms with Crippen molar-refractivity contribution >= 4 is 11.6 Å². The molecule has 0 bridgehead atoms. The van der Waals surface area contributed by atoms with Gasteiger partial charge in [-0.2, -0.15) is 5.26 Å². The Morgan fingerprint density at radius 3 is 2.57 bits per heavy atom. The van der Waals surface area contributed by atoms with Crippen molar-refractivity contribution in [3.63, 3.8) is 0 Å². The van der Waals surface area contributed by atoms with E-state index in [0.717, 1.165) is 11.6 Å². The number of carbonyl (C=O) groups is 1. The summed E-state index contributed by atoms with van der Waals surface area (Å²) in [6, 6.07) is 15.1. The molecule has 0 fully saturated rings. The molecule has 0 aromatic heterocycles. The summed E-state index contributed by atoms with van der Waals surface area (Å²) in [4.78, 5) is 13.7. The van der Waals surface area contributed by atoms with E-state index in [2.05, 4.69) is 0 Å². The number of nitriles is 1. The van der Waals surface area contributed by atoms with E-state index in [9.17, 15) is 9.18 Å². The number of amides is 1. The number of halogens is 1. The van der Waals surface area contributed by atoms with Crippen molar-refractivity contribution in [3.8, 4) is 6.07 Å². The van der Waals surface area contributed by atoms with Crippen molar-refractivity contribution in [3.05, 3.63) is 65.5 Å². The van der Waals surface area contributed by atoms with Gasteiger partial charge in [0.25, 0.3) is 5.91 Å². The van der Waals surface area contributed by atoms with Crippen LogP contribution in [0.2, 0.25) is 0 Å². The first-order valence-electron chi connectivity index (χ1n) is 6.37. The minimum atomic E-state index is -0.684. The molecule has 0 radical (unpaired) electrons. The largest absolute Gasteiger partial charge is 0.399 e. The van der Waals surface area contributed by atoms with Gasteiger partial charge in [0.1, 0.15) is 12.4 Å². The fourth-order valence-corrected chi connectivity index (χ4v) is 1.96. The number of rotatable bonds is 4. The fraction of sp³-hybridized carbons (Fsp3) is 0.125. The molecule has 106 valence electrons. The maximum absolute atomic E-state index is 13.8. The molecule has 0 aliphatic rings. The Morgan fingerprint density at radius 2 is 1.95 bits per heavy atom. The van der Waals surface area contributed by atoms with Gasteiger partial charge >= 0.3 is 0 Å². The van der Waals surface area contributed by atoms with Crippen LogP contribution in [0.1, 0.15) is 15.9 Å². The highest BCUT2D eigenvalue weighted by atomic mass is 19.1. The quantitative estimate of drug-likeness (QED) is 0.692. The lowest BCUT2D eigenvalue weighted by atomic mass is 10.1. The van der Waals surface area contributed by atoms with Gasteiger partial charge in [-0.15, -0.1) is 0 Å². The van der Waals surface area contributed by atoms with Crippen molar-refractivity contribution in [2.75, 3.05) is 12.3 Å². The second-order valence-corrected chi connectivity index (χ2v) is 4.54. The summed E-state index contributed by atoms with van der Waals surface area (Å²) in [7, 11) is 0. The Labute approximate surface area is 122 Å². The minimum Gasteiger partial charge on any atom is -0.399 e. The number of benzene rings is 2. The molecule has 4 nitrogen and oxygen atoms in total. The van der Waals surface area contributed by atoms with Gasteiger partial charge in [0.05, 0.1) is 11.6 Å². The molecule has 21 heavy (non-hydrogen) atoms. The maximum Gasteiger partial charge on any atom is 0.257 e. The number of anilines is 1. The van der Waals surface area contributed by atoms with Gasteiger partial charge < -0.3 is 10.6 Å². The van der Waals surface area contributed by atoms with Crippen LogP contribution in [0, 0.1) is 17.1 Å². The van der Waals surface area contributed by atoms with E-state index >= 15 is 0 Å². The fourth-order valence-electron chi connectivity index (χ4n) is 1.96. The van der Waals surface area contributed by atoms with E-state index in [0.29, 0.717) is 0 Å². The zero-order chi connectivity index (χ0) is 15.2. The average molecular weight is 283 g/mol. The lowest BCUT2D eigenvalue weighted by Gasteiger charge is -2.20. The summed E-state index contributed by atoms with van der Waals surface area (Å²) in [5.74, 6) is -1.21. The average Bonchev–Trinajstić information content (AvgIpc) is 2.47. The van der Waals surface area contributed by atoms with Gasteiger partial charge in [0.2, 0.25) is 0 Å². The van der Waals surface area contributed by atoms with Crippen LogP contribution in [0.15, 0.2) is 48.5 Å². The number of carbonyl (C=O) groups excluding carboxylic acids is 1. The second kappa shape index (κ2) is 6.53. The van der Waals surface area contributed by atoms with Crippen LogP contribution < -0.4 is 5.73 Å². The Morgan fingerprint density at radius 1 is 1.24 bits per heavy atom. The van der Waals surface area contributed by atoms with Gasteiger partial charge in [-0.1, -0.05) is 30.3 Å². The molecule has 2 aromatic carbocycles. The standard InChI is InChI=1S/C16H14FN3O/c17-15-10-13(19)6-7-14(15)16(21)20(9-8-18)11-12-4-2-1-3-5-12/h1-7,10H,9,11,19H2. The van der Waals surface area contributed by atoms with Crippen molar-refractivity contribution in [2.24, 2.45) is 0 Å². The molecule has 0 atom stereocenters. The minimum absolute atomic E-state index is 0.0876. The zero-order valence-electron chi connectivity index (χ0n) is 11.3. The Hall–Kier alpha value is -2.87. The van der Waals surface area contributed by atoms with Gasteiger partial charge in [-0.05, 0) is 23.8 Å². The molecule has 0 spiro atoms. The van der Waals surface area contributed by atoms with E-state index < -0.39 is 11.7 Å². The smallest absolute Gasteiger partial charge is 0.257 e. The molecule has 2 rings (SSSR count). The molecule has 1 amide bonds. The molecular formula is C16H14FN3O. The lowest BCUT2D eigenvalue weighted by molar-refractivity contribution is 0.0760. The summed E-state index contributed by atoms with van der Waals surface area (Å²) in [6.07, 6.45) is 0. The van der Waals surface area contributed by atoms with Crippen molar-refractivity contribution in [1.29, 1.82) is 5.26 Å². The number of hydrogen-bond acceptors (Lipinski definition) is 3. The van der Waals surface area contributed by atoms with Crippen LogP contribution in [0.3, 0.4) is 0 Å². The van der Waals surface area contributed by atoms with Crippen LogP contribution in [-0.4, -0.2) is 17.4 Å². The second-order valence-electron chi connectivity index (χ2n) is 4.54. The molecule has 2 aromatic rings. The Kier molecular flexibility index (Phi) is 4.52. The predicted octanol–water partition coefficient (Wildman–Crippen LogP) is 2.57. The lowest BCUT2D eigenvalue weighted by Crippen LogP contribution is -2.31. The number of hydrogen-bond donors (Lipinski definition) is 1. The monoisotopic (exact) mass is 283 g/mol. The van der Waals surface area contributed by atoms with Gasteiger partial charge in [-0.25, -0.2) is 4.39 Å². The van der Waals surface area contributed by atoms with Gasteiger partial charge in [0.15, 0.2) is 0 Å². The van der Waals surface area contributed by atoms with Crippen molar-refractivity contribution in [1.82, 2.24) is 4.90 Å². The highest BCUT2D eigenvalue weighted by Gasteiger charge is 2.19. The predicted molar refractivity (Wildman–Crippen MR) is 77.6 cm³/mol. The zero-order valence-corrected chi connectivity index (χ0v) is 11.3. The van der Waals surface area contributed by atoms with Crippen molar-refractivity contribution in [2.45, 2.75) is 6.54 Å². The van der Waals surface area contributed by atoms with Gasteiger partial charge in [0, 0.05) is 12.2 Å².